The number of hydrogen-bond donors (Lipinski definition) is 4. The monoisotopic (exact) mass is 486 g/mol. The number of nitrogens with zero attached hydrogens (tertiary/aromatic N) is 6. The quantitative estimate of drug-likeness (QED) is 0.324. The zero-order valence-corrected chi connectivity index (χ0v) is 18.9. The Morgan fingerprint density at radius 1 is 1.19 bits per heavy atom. The lowest BCUT2D eigenvalue weighted by Crippen LogP contribution is -2.39. The molecule has 0 spiro atoms. The summed E-state index contributed by atoms with van der Waals surface area (Å²) in [7, 11) is 0. The fraction of sp³-hybridized carbons (Fsp3) is 0.292. The SMILES string of the molecule is N#Cc1cn([C@@H]2O[C@H](C(=O)Nc3ccc4ccc(N5CCC5)nc4c3)[C@@H](O)[C@H]2O)c2ncnc(N)c12. The molecule has 3 aromatic heterocycles. The van der Waals surface area contributed by atoms with Crippen molar-refractivity contribution in [3.63, 3.8) is 0 Å². The fourth-order valence-corrected chi connectivity index (χ4v) is 4.61. The zero-order chi connectivity index (χ0) is 25.0. The van der Waals surface area contributed by atoms with Crippen molar-refractivity contribution < 1.29 is 19.7 Å². The molecular weight excluding hydrogens is 464 g/mol. The first-order valence-corrected chi connectivity index (χ1v) is 11.4. The number of nitrogens with two attached hydrogens (primary N) is 1. The topological polar surface area (TPSA) is 175 Å². The number of nitriles is 1. The highest BCUT2D eigenvalue weighted by Crippen LogP contribution is 2.35. The molecule has 6 rings (SSSR count). The third-order valence-electron chi connectivity index (χ3n) is 6.65. The minimum atomic E-state index is -1.52. The van der Waals surface area contributed by atoms with E-state index in [1.807, 2.05) is 24.3 Å². The van der Waals surface area contributed by atoms with E-state index in [9.17, 15) is 20.3 Å². The Hall–Kier alpha value is -4.31. The second-order valence-corrected chi connectivity index (χ2v) is 8.85. The molecule has 0 aliphatic carbocycles. The summed E-state index contributed by atoms with van der Waals surface area (Å²) in [5.74, 6) is 0.353. The third-order valence-corrected chi connectivity index (χ3v) is 6.65. The van der Waals surface area contributed by atoms with Crippen LogP contribution in [0.5, 0.6) is 0 Å². The number of aliphatic hydroxyl groups excluding tert-OH is 2. The normalized spacial score (nSPS) is 23.5. The number of anilines is 3. The number of aliphatic hydroxyl groups is 2. The first kappa shape index (κ1) is 22.2. The van der Waals surface area contributed by atoms with Crippen molar-refractivity contribution in [1.29, 1.82) is 5.26 Å². The number of amides is 1. The highest BCUT2D eigenvalue weighted by Gasteiger charge is 2.48. The average Bonchev–Trinajstić information content (AvgIpc) is 3.36. The predicted octanol–water partition coefficient (Wildman–Crippen LogP) is 0.901. The fourth-order valence-electron chi connectivity index (χ4n) is 4.61. The summed E-state index contributed by atoms with van der Waals surface area (Å²) in [6, 6.07) is 11.3. The standard InChI is InChI=1S/C24H22N8O4/c25-9-13-10-32(22-17(13)21(26)27-11-28-22)24-19(34)18(33)20(36-24)23(35)29-14-4-2-12-3-5-16(30-15(12)8-14)31-6-1-7-31/h2-5,8,10-11,18-20,24,33-34H,1,6-7H2,(H,29,35)(H2,26,27,28)/t18-,19+,20-,24+/m0/s1. The van der Waals surface area contributed by atoms with E-state index in [0.29, 0.717) is 11.1 Å². The number of nitrogens with one attached hydrogen (secondary N) is 1. The van der Waals surface area contributed by atoms with Crippen LogP contribution in [-0.4, -0.2) is 67.0 Å². The number of benzene rings is 1. The van der Waals surface area contributed by atoms with Crippen LogP contribution in [0.15, 0.2) is 42.9 Å². The Kier molecular flexibility index (Phi) is 5.18. The van der Waals surface area contributed by atoms with Crippen LogP contribution in [0.1, 0.15) is 18.2 Å². The lowest BCUT2D eigenvalue weighted by atomic mass is 10.1. The molecule has 0 unspecified atom stereocenters. The largest absolute Gasteiger partial charge is 0.387 e. The van der Waals surface area contributed by atoms with Gasteiger partial charge in [-0.3, -0.25) is 4.79 Å². The van der Waals surface area contributed by atoms with Gasteiger partial charge >= 0.3 is 0 Å². The highest BCUT2D eigenvalue weighted by molar-refractivity contribution is 5.97. The summed E-state index contributed by atoms with van der Waals surface area (Å²) in [5, 5.41) is 34.8. The van der Waals surface area contributed by atoms with Gasteiger partial charge in [-0.2, -0.15) is 5.26 Å². The number of carbonyl (C=O) groups excluding carboxylic acids is 1. The lowest BCUT2D eigenvalue weighted by molar-refractivity contribution is -0.132. The predicted molar refractivity (Wildman–Crippen MR) is 130 cm³/mol. The van der Waals surface area contributed by atoms with E-state index in [-0.39, 0.29) is 17.0 Å². The Labute approximate surface area is 204 Å². The summed E-state index contributed by atoms with van der Waals surface area (Å²) in [5.41, 5.74) is 7.54. The number of hydrogen-bond acceptors (Lipinski definition) is 10. The van der Waals surface area contributed by atoms with Crippen molar-refractivity contribution in [2.75, 3.05) is 29.0 Å². The molecule has 2 aliphatic heterocycles. The van der Waals surface area contributed by atoms with Gasteiger partial charge in [-0.1, -0.05) is 6.07 Å². The van der Waals surface area contributed by atoms with Gasteiger partial charge in [-0.15, -0.1) is 0 Å². The molecule has 12 heteroatoms. The van der Waals surface area contributed by atoms with Crippen molar-refractivity contribution in [3.8, 4) is 6.07 Å². The van der Waals surface area contributed by atoms with Crippen LogP contribution in [0, 0.1) is 11.3 Å². The Morgan fingerprint density at radius 2 is 2.00 bits per heavy atom. The molecular formula is C24H22N8O4. The van der Waals surface area contributed by atoms with Gasteiger partial charge in [0.25, 0.3) is 5.91 Å². The number of ether oxygens (including phenoxy) is 1. The number of nitrogen functional groups attached to an aromatic ring is 1. The van der Waals surface area contributed by atoms with Gasteiger partial charge in [0.15, 0.2) is 12.3 Å². The van der Waals surface area contributed by atoms with Gasteiger partial charge in [-0.25, -0.2) is 15.0 Å². The van der Waals surface area contributed by atoms with Crippen molar-refractivity contribution in [1.82, 2.24) is 19.5 Å². The molecule has 0 saturated carbocycles. The molecule has 1 amide bonds. The van der Waals surface area contributed by atoms with Crippen LogP contribution in [0.2, 0.25) is 0 Å². The number of pyridine rings is 1. The third kappa shape index (κ3) is 3.49. The van der Waals surface area contributed by atoms with E-state index in [4.69, 9.17) is 10.5 Å². The second kappa shape index (κ2) is 8.42. The molecule has 5 N–H and O–H groups in total. The summed E-state index contributed by atoms with van der Waals surface area (Å²) in [4.78, 5) is 28.0. The van der Waals surface area contributed by atoms with E-state index < -0.39 is 30.4 Å². The Balaban J connectivity index is 1.25. The van der Waals surface area contributed by atoms with Gasteiger partial charge in [0.05, 0.1) is 16.5 Å². The Morgan fingerprint density at radius 3 is 2.75 bits per heavy atom. The van der Waals surface area contributed by atoms with Crippen LogP contribution in [0.4, 0.5) is 17.3 Å². The van der Waals surface area contributed by atoms with Crippen molar-refractivity contribution in [3.05, 3.63) is 48.4 Å². The van der Waals surface area contributed by atoms with Crippen molar-refractivity contribution >= 4 is 45.2 Å². The first-order chi connectivity index (χ1) is 17.4. The summed E-state index contributed by atoms with van der Waals surface area (Å²) < 4.78 is 7.17. The number of aromatic nitrogens is 4. The Bertz CT molecular complexity index is 1540. The molecule has 2 aliphatic rings. The van der Waals surface area contributed by atoms with Crippen molar-refractivity contribution in [2.24, 2.45) is 0 Å². The maximum Gasteiger partial charge on any atom is 0.256 e. The molecule has 5 heterocycles. The molecule has 12 nitrogen and oxygen atoms in total. The molecule has 1 aromatic carbocycles. The minimum absolute atomic E-state index is 0.0970. The maximum absolute atomic E-state index is 13.1. The van der Waals surface area contributed by atoms with Gasteiger partial charge in [0, 0.05) is 30.4 Å². The van der Waals surface area contributed by atoms with Crippen molar-refractivity contribution in [2.45, 2.75) is 31.0 Å². The molecule has 182 valence electrons. The van der Waals surface area contributed by atoms with Gasteiger partial charge in [0.1, 0.15) is 41.9 Å². The van der Waals surface area contributed by atoms with Gasteiger partial charge in [-0.05, 0) is 30.7 Å². The van der Waals surface area contributed by atoms with E-state index in [0.717, 1.165) is 36.2 Å². The van der Waals surface area contributed by atoms with Crippen LogP contribution in [0.25, 0.3) is 21.9 Å². The number of carbonyl (C=O) groups is 1. The highest BCUT2D eigenvalue weighted by atomic mass is 16.6. The number of rotatable bonds is 4. The molecule has 4 atom stereocenters. The summed E-state index contributed by atoms with van der Waals surface area (Å²) >= 11 is 0. The van der Waals surface area contributed by atoms with Crippen LogP contribution >= 0.6 is 0 Å². The van der Waals surface area contributed by atoms with Gasteiger partial charge in [0.2, 0.25) is 0 Å². The summed E-state index contributed by atoms with van der Waals surface area (Å²) in [6.07, 6.45) is -1.76. The molecule has 0 radical (unpaired) electrons. The second-order valence-electron chi connectivity index (χ2n) is 8.85. The minimum Gasteiger partial charge on any atom is -0.387 e. The first-order valence-electron chi connectivity index (χ1n) is 11.4. The molecule has 2 saturated heterocycles. The molecule has 2 fully saturated rings. The van der Waals surface area contributed by atoms with E-state index in [1.165, 1.54) is 17.1 Å². The smallest absolute Gasteiger partial charge is 0.256 e. The lowest BCUT2D eigenvalue weighted by Gasteiger charge is -2.32. The maximum atomic E-state index is 13.1. The average molecular weight is 486 g/mol. The molecule has 4 aromatic rings. The van der Waals surface area contributed by atoms with Crippen LogP contribution < -0.4 is 16.0 Å². The van der Waals surface area contributed by atoms with E-state index >= 15 is 0 Å². The van der Waals surface area contributed by atoms with E-state index in [1.54, 1.807) is 12.1 Å². The van der Waals surface area contributed by atoms with Crippen LogP contribution in [0.3, 0.4) is 0 Å². The number of fused-ring (bicyclic) bond motifs is 2. The summed E-state index contributed by atoms with van der Waals surface area (Å²) in [6.45, 7) is 1.95. The van der Waals surface area contributed by atoms with Gasteiger partial charge < -0.3 is 35.5 Å². The molecule has 0 bridgehead atoms. The van der Waals surface area contributed by atoms with E-state index in [2.05, 4.69) is 25.2 Å². The molecule has 36 heavy (non-hydrogen) atoms. The van der Waals surface area contributed by atoms with Crippen LogP contribution in [-0.2, 0) is 9.53 Å². The zero-order valence-electron chi connectivity index (χ0n) is 18.9.